The summed E-state index contributed by atoms with van der Waals surface area (Å²) in [5.41, 5.74) is 1.02. The maximum atomic E-state index is 12.3. The number of nitro benzene ring substituents is 1. The second-order valence-corrected chi connectivity index (χ2v) is 7.81. The first kappa shape index (κ1) is 21.7. The van der Waals surface area contributed by atoms with Gasteiger partial charge in [0.25, 0.3) is 16.8 Å². The smallest absolute Gasteiger partial charge is 0.294 e. The minimum atomic E-state index is -0.496. The van der Waals surface area contributed by atoms with Gasteiger partial charge in [-0.1, -0.05) is 41.3 Å². The number of halogens is 2. The van der Waals surface area contributed by atoms with Crippen molar-refractivity contribution < 1.29 is 19.2 Å². The fourth-order valence-electron chi connectivity index (χ4n) is 2.59. The Hall–Kier alpha value is -2.99. The minimum Gasteiger partial charge on any atom is -0.486 e. The van der Waals surface area contributed by atoms with Crippen molar-refractivity contribution in [2.75, 3.05) is 6.54 Å². The SMILES string of the molecule is C#CCN1C(=O)S/C(=C/c2cc(Cl)c(OCc3cccc([N+](=O)[O-])c3)c(Cl)c2)C1=O. The van der Waals surface area contributed by atoms with E-state index >= 15 is 0 Å². The molecule has 0 atom stereocenters. The lowest BCUT2D eigenvalue weighted by Crippen LogP contribution is -2.28. The molecule has 0 bridgehead atoms. The second-order valence-electron chi connectivity index (χ2n) is 6.00. The Bertz CT molecular complexity index is 1100. The van der Waals surface area contributed by atoms with Crippen LogP contribution in [0.5, 0.6) is 5.75 Å². The quantitative estimate of drug-likeness (QED) is 0.255. The summed E-state index contributed by atoms with van der Waals surface area (Å²) in [6.45, 7) is -0.0839. The molecule has 0 N–H and O–H groups in total. The fourth-order valence-corrected chi connectivity index (χ4v) is 4.05. The number of imide groups is 1. The summed E-state index contributed by atoms with van der Waals surface area (Å²) >= 11 is 13.3. The van der Waals surface area contributed by atoms with Gasteiger partial charge in [0.05, 0.1) is 26.4 Å². The summed E-state index contributed by atoms with van der Waals surface area (Å²) in [6.07, 6.45) is 6.66. The van der Waals surface area contributed by atoms with E-state index in [-0.39, 0.29) is 39.5 Å². The molecule has 0 aromatic heterocycles. The normalized spacial score (nSPS) is 14.8. The number of terminal acetylenes is 1. The van der Waals surface area contributed by atoms with Gasteiger partial charge in [-0.05, 0) is 41.1 Å². The summed E-state index contributed by atoms with van der Waals surface area (Å²) in [7, 11) is 0. The number of amides is 2. The number of benzene rings is 2. The molecule has 0 radical (unpaired) electrons. The minimum absolute atomic E-state index is 0.0193. The Morgan fingerprint density at radius 1 is 1.23 bits per heavy atom. The molecule has 1 aliphatic heterocycles. The van der Waals surface area contributed by atoms with E-state index in [9.17, 15) is 19.7 Å². The van der Waals surface area contributed by atoms with Crippen molar-refractivity contribution in [3.05, 3.63) is 72.6 Å². The van der Waals surface area contributed by atoms with E-state index < -0.39 is 16.1 Å². The third kappa shape index (κ3) is 4.76. The van der Waals surface area contributed by atoms with Crippen LogP contribution in [-0.2, 0) is 11.4 Å². The Morgan fingerprint density at radius 2 is 1.93 bits per heavy atom. The number of carbonyl (C=O) groups is 2. The topological polar surface area (TPSA) is 89.8 Å². The number of ether oxygens (including phenoxy) is 1. The number of rotatable bonds is 6. The van der Waals surface area contributed by atoms with Gasteiger partial charge in [0.1, 0.15) is 6.61 Å². The highest BCUT2D eigenvalue weighted by Crippen LogP contribution is 2.37. The van der Waals surface area contributed by atoms with Crippen molar-refractivity contribution in [1.82, 2.24) is 4.90 Å². The van der Waals surface area contributed by atoms with Crippen molar-refractivity contribution in [3.8, 4) is 18.1 Å². The second kappa shape index (κ2) is 9.22. The lowest BCUT2D eigenvalue weighted by Gasteiger charge is -2.11. The predicted molar refractivity (Wildman–Crippen MR) is 115 cm³/mol. The van der Waals surface area contributed by atoms with Crippen molar-refractivity contribution >= 4 is 57.9 Å². The van der Waals surface area contributed by atoms with Gasteiger partial charge in [-0.3, -0.25) is 24.6 Å². The molecule has 2 aromatic rings. The highest BCUT2D eigenvalue weighted by atomic mass is 35.5. The summed E-state index contributed by atoms with van der Waals surface area (Å²) in [4.78, 5) is 35.7. The maximum Gasteiger partial charge on any atom is 0.294 e. The molecule has 0 saturated carbocycles. The third-order valence-electron chi connectivity index (χ3n) is 3.95. The molecule has 3 rings (SSSR count). The van der Waals surface area contributed by atoms with Crippen LogP contribution in [0.1, 0.15) is 11.1 Å². The number of carbonyl (C=O) groups excluding carboxylic acids is 2. The van der Waals surface area contributed by atoms with Gasteiger partial charge in [-0.15, -0.1) is 6.42 Å². The Kier molecular flexibility index (Phi) is 6.67. The molecule has 152 valence electrons. The van der Waals surface area contributed by atoms with E-state index in [0.717, 1.165) is 16.7 Å². The van der Waals surface area contributed by atoms with Crippen LogP contribution in [0.3, 0.4) is 0 Å². The predicted octanol–water partition coefficient (Wildman–Crippen LogP) is 5.15. The molecule has 1 saturated heterocycles. The molecule has 1 fully saturated rings. The van der Waals surface area contributed by atoms with Crippen molar-refractivity contribution in [1.29, 1.82) is 0 Å². The van der Waals surface area contributed by atoms with Crippen molar-refractivity contribution in [2.45, 2.75) is 6.61 Å². The van der Waals surface area contributed by atoms with E-state index in [0.29, 0.717) is 11.1 Å². The zero-order valence-electron chi connectivity index (χ0n) is 15.1. The maximum absolute atomic E-state index is 12.3. The summed E-state index contributed by atoms with van der Waals surface area (Å²) in [6, 6.07) is 9.06. The van der Waals surface area contributed by atoms with Gasteiger partial charge >= 0.3 is 0 Å². The number of hydrogen-bond donors (Lipinski definition) is 0. The molecule has 7 nitrogen and oxygen atoms in total. The van der Waals surface area contributed by atoms with Gasteiger partial charge in [0.15, 0.2) is 5.75 Å². The third-order valence-corrected chi connectivity index (χ3v) is 5.41. The summed E-state index contributed by atoms with van der Waals surface area (Å²) in [5, 5.41) is 10.8. The van der Waals surface area contributed by atoms with Crippen LogP contribution in [-0.4, -0.2) is 27.5 Å². The summed E-state index contributed by atoms with van der Waals surface area (Å²) < 4.78 is 5.64. The van der Waals surface area contributed by atoms with Crippen LogP contribution in [0.4, 0.5) is 10.5 Å². The van der Waals surface area contributed by atoms with Gasteiger partial charge in [-0.2, -0.15) is 0 Å². The molecule has 0 unspecified atom stereocenters. The molecule has 10 heteroatoms. The van der Waals surface area contributed by atoms with Crippen molar-refractivity contribution in [2.24, 2.45) is 0 Å². The molecule has 0 spiro atoms. The Balaban J connectivity index is 1.79. The number of thioether (sulfide) groups is 1. The molecular formula is C20H12Cl2N2O5S. The monoisotopic (exact) mass is 462 g/mol. The Labute approximate surface area is 185 Å². The molecule has 2 aromatic carbocycles. The highest BCUT2D eigenvalue weighted by molar-refractivity contribution is 8.18. The standard InChI is InChI=1S/C20H12Cl2N2O5S/c1-2-6-23-19(25)17(30-20(23)26)10-13-8-15(21)18(16(22)9-13)29-11-12-4-3-5-14(7-12)24(27)28/h1,3-5,7-10H,6,11H2/b17-10+. The number of nitro groups is 1. The lowest BCUT2D eigenvalue weighted by molar-refractivity contribution is -0.384. The number of non-ortho nitro benzene ring substituents is 1. The Morgan fingerprint density at radius 3 is 2.57 bits per heavy atom. The molecule has 0 aliphatic carbocycles. The van der Waals surface area contributed by atoms with Crippen LogP contribution >= 0.6 is 35.0 Å². The average Bonchev–Trinajstić information content (AvgIpc) is 2.95. The fraction of sp³-hybridized carbons (Fsp3) is 0.100. The van der Waals surface area contributed by atoms with E-state index in [1.165, 1.54) is 30.3 Å². The zero-order chi connectivity index (χ0) is 21.8. The van der Waals surface area contributed by atoms with Crippen LogP contribution < -0.4 is 4.74 Å². The van der Waals surface area contributed by atoms with E-state index in [1.807, 2.05) is 0 Å². The first-order chi connectivity index (χ1) is 14.3. The first-order valence-electron chi connectivity index (χ1n) is 8.34. The molecule has 1 aliphatic rings. The largest absolute Gasteiger partial charge is 0.486 e. The molecule has 1 heterocycles. The molecular weight excluding hydrogens is 451 g/mol. The number of hydrogen-bond acceptors (Lipinski definition) is 6. The van der Waals surface area contributed by atoms with Crippen molar-refractivity contribution in [3.63, 3.8) is 0 Å². The van der Waals surface area contributed by atoms with E-state index in [4.69, 9.17) is 34.4 Å². The molecule has 2 amide bonds. The van der Waals surface area contributed by atoms with Crippen LogP contribution in [0.2, 0.25) is 10.0 Å². The van der Waals surface area contributed by atoms with E-state index in [2.05, 4.69) is 5.92 Å². The molecule has 30 heavy (non-hydrogen) atoms. The van der Waals surface area contributed by atoms with Crippen LogP contribution in [0.25, 0.3) is 6.08 Å². The van der Waals surface area contributed by atoms with Crippen LogP contribution in [0.15, 0.2) is 41.3 Å². The lowest BCUT2D eigenvalue weighted by atomic mass is 10.2. The first-order valence-corrected chi connectivity index (χ1v) is 9.91. The number of nitrogens with zero attached hydrogens (tertiary/aromatic N) is 2. The van der Waals surface area contributed by atoms with Crippen LogP contribution in [0, 0.1) is 22.5 Å². The van der Waals surface area contributed by atoms with Gasteiger partial charge in [0, 0.05) is 12.1 Å². The van der Waals surface area contributed by atoms with Gasteiger partial charge in [-0.25, -0.2) is 0 Å². The zero-order valence-corrected chi connectivity index (χ0v) is 17.5. The highest BCUT2D eigenvalue weighted by Gasteiger charge is 2.34. The van der Waals surface area contributed by atoms with Gasteiger partial charge in [0.2, 0.25) is 0 Å². The van der Waals surface area contributed by atoms with Gasteiger partial charge < -0.3 is 4.74 Å². The van der Waals surface area contributed by atoms with E-state index in [1.54, 1.807) is 12.1 Å². The average molecular weight is 463 g/mol. The summed E-state index contributed by atoms with van der Waals surface area (Å²) in [5.74, 6) is 1.98.